The molecule has 0 aliphatic carbocycles. The van der Waals surface area contributed by atoms with Gasteiger partial charge in [-0.3, -0.25) is 4.98 Å². The molecule has 18 heavy (non-hydrogen) atoms. The van der Waals surface area contributed by atoms with Gasteiger partial charge in [0.25, 0.3) is 0 Å². The highest BCUT2D eigenvalue weighted by atomic mass is 16.5. The van der Waals surface area contributed by atoms with Crippen LogP contribution in [0.2, 0.25) is 0 Å². The second kappa shape index (κ2) is 7.87. The average molecular weight is 252 g/mol. The lowest BCUT2D eigenvalue weighted by Gasteiger charge is -2.27. The molecule has 0 bridgehead atoms. The second-order valence-corrected chi connectivity index (χ2v) is 4.49. The van der Waals surface area contributed by atoms with Crippen molar-refractivity contribution in [1.82, 2.24) is 9.97 Å². The van der Waals surface area contributed by atoms with Crippen molar-refractivity contribution in [2.75, 3.05) is 24.6 Å². The fourth-order valence-corrected chi connectivity index (χ4v) is 1.65. The van der Waals surface area contributed by atoms with Gasteiger partial charge in [0.2, 0.25) is 5.88 Å². The van der Waals surface area contributed by atoms with Crippen LogP contribution in [0.3, 0.4) is 0 Å². The predicted molar refractivity (Wildman–Crippen MR) is 74.0 cm³/mol. The van der Waals surface area contributed by atoms with E-state index in [0.717, 1.165) is 25.2 Å². The summed E-state index contributed by atoms with van der Waals surface area (Å²) in [5, 5.41) is 0. The van der Waals surface area contributed by atoms with Crippen molar-refractivity contribution >= 4 is 5.82 Å². The lowest BCUT2D eigenvalue weighted by Crippen LogP contribution is -2.33. The van der Waals surface area contributed by atoms with Gasteiger partial charge in [0.05, 0.1) is 19.0 Å². The number of rotatable bonds is 8. The minimum Gasteiger partial charge on any atom is -0.477 e. The molecule has 0 amide bonds. The van der Waals surface area contributed by atoms with Crippen molar-refractivity contribution in [3.63, 3.8) is 0 Å². The number of hydrogen-bond donors (Lipinski definition) is 1. The zero-order chi connectivity index (χ0) is 13.4. The van der Waals surface area contributed by atoms with Crippen LogP contribution in [0.5, 0.6) is 5.88 Å². The van der Waals surface area contributed by atoms with E-state index in [-0.39, 0.29) is 0 Å². The largest absolute Gasteiger partial charge is 0.477 e. The Kier molecular flexibility index (Phi) is 6.43. The fourth-order valence-electron chi connectivity index (χ4n) is 1.65. The maximum absolute atomic E-state index is 5.56. The summed E-state index contributed by atoms with van der Waals surface area (Å²) >= 11 is 0. The maximum atomic E-state index is 5.56. The molecule has 1 rings (SSSR count). The molecule has 0 fully saturated rings. The summed E-state index contributed by atoms with van der Waals surface area (Å²) in [6, 6.07) is 0.368. The molecule has 0 aliphatic heterocycles. The van der Waals surface area contributed by atoms with E-state index in [1.54, 1.807) is 12.4 Å². The Hall–Kier alpha value is -1.36. The van der Waals surface area contributed by atoms with Crippen LogP contribution in [-0.2, 0) is 0 Å². The molecule has 0 saturated carbocycles. The van der Waals surface area contributed by atoms with E-state index in [2.05, 4.69) is 35.6 Å². The van der Waals surface area contributed by atoms with Gasteiger partial charge in [0.15, 0.2) is 5.82 Å². The van der Waals surface area contributed by atoms with Crippen LogP contribution in [0.15, 0.2) is 12.4 Å². The monoisotopic (exact) mass is 252 g/mol. The lowest BCUT2D eigenvalue weighted by molar-refractivity contribution is 0.304. The van der Waals surface area contributed by atoms with Gasteiger partial charge in [-0.15, -0.1) is 0 Å². The third-order valence-corrected chi connectivity index (χ3v) is 2.57. The van der Waals surface area contributed by atoms with Gasteiger partial charge in [0, 0.05) is 12.6 Å². The van der Waals surface area contributed by atoms with Crippen molar-refractivity contribution in [3.05, 3.63) is 12.4 Å². The molecule has 0 radical (unpaired) electrons. The van der Waals surface area contributed by atoms with Gasteiger partial charge in [-0.05, 0) is 33.2 Å². The zero-order valence-electron chi connectivity index (χ0n) is 11.6. The van der Waals surface area contributed by atoms with Crippen molar-refractivity contribution in [3.8, 4) is 5.88 Å². The first-order chi connectivity index (χ1) is 8.69. The smallest absolute Gasteiger partial charge is 0.234 e. The summed E-state index contributed by atoms with van der Waals surface area (Å²) in [5.74, 6) is 1.44. The van der Waals surface area contributed by atoms with E-state index in [1.807, 2.05) is 0 Å². The quantitative estimate of drug-likeness (QED) is 0.764. The molecule has 0 aliphatic rings. The molecule has 0 unspecified atom stereocenters. The molecule has 2 N–H and O–H groups in total. The van der Waals surface area contributed by atoms with E-state index in [4.69, 9.17) is 10.5 Å². The maximum Gasteiger partial charge on any atom is 0.234 e. The van der Waals surface area contributed by atoms with Gasteiger partial charge >= 0.3 is 0 Å². The molecule has 5 nitrogen and oxygen atoms in total. The topological polar surface area (TPSA) is 64.3 Å². The van der Waals surface area contributed by atoms with Gasteiger partial charge in [-0.25, -0.2) is 0 Å². The Morgan fingerprint density at radius 3 is 2.78 bits per heavy atom. The second-order valence-electron chi connectivity index (χ2n) is 4.49. The lowest BCUT2D eigenvalue weighted by atomic mass is 10.3. The fraction of sp³-hybridized carbons (Fsp3) is 0.692. The standard InChI is InChI=1S/C13H24N4O/c1-4-8-18-13-10-15-9-12(16-13)17(11(2)3)7-5-6-14/h9-11H,4-8,14H2,1-3H3. The van der Waals surface area contributed by atoms with Crippen LogP contribution in [0.25, 0.3) is 0 Å². The Morgan fingerprint density at radius 1 is 1.39 bits per heavy atom. The van der Waals surface area contributed by atoms with E-state index in [0.29, 0.717) is 25.1 Å². The number of nitrogens with two attached hydrogens (primary N) is 1. The van der Waals surface area contributed by atoms with Gasteiger partial charge < -0.3 is 15.4 Å². The van der Waals surface area contributed by atoms with E-state index < -0.39 is 0 Å². The summed E-state index contributed by atoms with van der Waals surface area (Å²) < 4.78 is 5.51. The van der Waals surface area contributed by atoms with Crippen LogP contribution >= 0.6 is 0 Å². The Balaban J connectivity index is 2.77. The number of ether oxygens (including phenoxy) is 1. The summed E-state index contributed by atoms with van der Waals surface area (Å²) in [4.78, 5) is 10.9. The van der Waals surface area contributed by atoms with Crippen LogP contribution in [0.1, 0.15) is 33.6 Å². The Labute approximate surface area is 109 Å². The van der Waals surface area contributed by atoms with Crippen LogP contribution in [0.4, 0.5) is 5.82 Å². The highest BCUT2D eigenvalue weighted by Crippen LogP contribution is 2.16. The molecule has 0 atom stereocenters. The predicted octanol–water partition coefficient (Wildman–Crippen LogP) is 1.83. The van der Waals surface area contributed by atoms with Crippen molar-refractivity contribution in [2.45, 2.75) is 39.7 Å². The van der Waals surface area contributed by atoms with E-state index in [1.165, 1.54) is 0 Å². The minimum absolute atomic E-state index is 0.368. The number of nitrogens with zero attached hydrogens (tertiary/aromatic N) is 3. The highest BCUT2D eigenvalue weighted by molar-refractivity contribution is 5.38. The molecule has 1 aromatic rings. The van der Waals surface area contributed by atoms with Gasteiger partial charge in [0.1, 0.15) is 0 Å². The van der Waals surface area contributed by atoms with Crippen LogP contribution in [-0.4, -0.2) is 35.7 Å². The van der Waals surface area contributed by atoms with Crippen molar-refractivity contribution in [2.24, 2.45) is 5.73 Å². The molecule has 5 heteroatoms. The van der Waals surface area contributed by atoms with Crippen molar-refractivity contribution < 1.29 is 4.74 Å². The molecule has 1 heterocycles. The Morgan fingerprint density at radius 2 is 2.17 bits per heavy atom. The minimum atomic E-state index is 0.368. The van der Waals surface area contributed by atoms with E-state index in [9.17, 15) is 0 Å². The normalized spacial score (nSPS) is 10.7. The Bertz CT molecular complexity index is 344. The van der Waals surface area contributed by atoms with Crippen molar-refractivity contribution in [1.29, 1.82) is 0 Å². The molecule has 102 valence electrons. The zero-order valence-corrected chi connectivity index (χ0v) is 11.6. The third kappa shape index (κ3) is 4.49. The molecular weight excluding hydrogens is 228 g/mol. The summed E-state index contributed by atoms with van der Waals surface area (Å²) in [5.41, 5.74) is 5.56. The molecule has 0 saturated heterocycles. The molecular formula is C13H24N4O. The summed E-state index contributed by atoms with van der Waals surface area (Å²) in [6.07, 6.45) is 5.34. The average Bonchev–Trinajstić information content (AvgIpc) is 2.37. The highest BCUT2D eigenvalue weighted by Gasteiger charge is 2.12. The first-order valence-electron chi connectivity index (χ1n) is 6.60. The molecule has 0 aromatic carbocycles. The molecule has 0 spiro atoms. The summed E-state index contributed by atoms with van der Waals surface area (Å²) in [6.45, 7) is 8.58. The van der Waals surface area contributed by atoms with Crippen LogP contribution < -0.4 is 15.4 Å². The van der Waals surface area contributed by atoms with Gasteiger partial charge in [-0.2, -0.15) is 4.98 Å². The number of anilines is 1. The number of hydrogen-bond acceptors (Lipinski definition) is 5. The first-order valence-corrected chi connectivity index (χ1v) is 6.60. The first kappa shape index (κ1) is 14.7. The summed E-state index contributed by atoms with van der Waals surface area (Å²) in [7, 11) is 0. The third-order valence-electron chi connectivity index (χ3n) is 2.57. The molecule has 1 aromatic heterocycles. The number of aromatic nitrogens is 2. The van der Waals surface area contributed by atoms with Crippen LogP contribution in [0, 0.1) is 0 Å². The van der Waals surface area contributed by atoms with E-state index >= 15 is 0 Å². The SMILES string of the molecule is CCCOc1cncc(N(CCCN)C(C)C)n1. The van der Waals surface area contributed by atoms with Gasteiger partial charge in [-0.1, -0.05) is 6.92 Å².